The fourth-order valence-electron chi connectivity index (χ4n) is 3.74. The van der Waals surface area contributed by atoms with Crippen molar-refractivity contribution in [2.24, 2.45) is 0 Å². The summed E-state index contributed by atoms with van der Waals surface area (Å²) < 4.78 is 5.79. The summed E-state index contributed by atoms with van der Waals surface area (Å²) in [7, 11) is 0. The first-order valence-electron chi connectivity index (χ1n) is 7.56. The van der Waals surface area contributed by atoms with Crippen molar-refractivity contribution in [1.29, 1.82) is 0 Å². The molecule has 4 N–H and O–H groups in total. The van der Waals surface area contributed by atoms with Crippen LogP contribution in [0.25, 0.3) is 0 Å². The third-order valence-electron chi connectivity index (χ3n) is 4.70. The van der Waals surface area contributed by atoms with Crippen LogP contribution in [0, 0.1) is 6.92 Å². The number of fused-ring (bicyclic) bond motifs is 5. The molecule has 4 rings (SSSR count). The van der Waals surface area contributed by atoms with Crippen LogP contribution < -0.4 is 15.8 Å². The average Bonchev–Trinajstić information content (AvgIpc) is 2.86. The lowest BCUT2D eigenvalue weighted by Crippen LogP contribution is -2.59. The molecule has 6 nitrogen and oxygen atoms in total. The number of ether oxygens (including phenoxy) is 1. The molecule has 0 fully saturated rings. The summed E-state index contributed by atoms with van der Waals surface area (Å²) in [4.78, 5) is 25.2. The maximum atomic E-state index is 13.3. The van der Waals surface area contributed by atoms with Gasteiger partial charge >= 0.3 is 0 Å². The van der Waals surface area contributed by atoms with Gasteiger partial charge in [-0.3, -0.25) is 9.59 Å². The zero-order valence-corrected chi connectivity index (χ0v) is 13.2. The van der Waals surface area contributed by atoms with Crippen molar-refractivity contribution in [1.82, 2.24) is 5.32 Å². The van der Waals surface area contributed by atoms with Crippen LogP contribution in [0.1, 0.15) is 34.0 Å². The van der Waals surface area contributed by atoms with Crippen LogP contribution in [0.4, 0.5) is 5.69 Å². The minimum Gasteiger partial charge on any atom is -0.454 e. The van der Waals surface area contributed by atoms with Crippen molar-refractivity contribution in [2.45, 2.75) is 25.2 Å². The van der Waals surface area contributed by atoms with Crippen LogP contribution in [0.5, 0.6) is 5.75 Å². The number of carbonyl (C=O) groups is 2. The molecular weight excluding hydrogens is 308 g/mol. The van der Waals surface area contributed by atoms with Gasteiger partial charge in [0, 0.05) is 23.7 Å². The van der Waals surface area contributed by atoms with Gasteiger partial charge in [-0.15, -0.1) is 0 Å². The number of rotatable bonds is 1. The maximum absolute atomic E-state index is 13.3. The van der Waals surface area contributed by atoms with Crippen molar-refractivity contribution in [3.05, 3.63) is 58.7 Å². The first kappa shape index (κ1) is 14.7. The molecule has 122 valence electrons. The number of ketones is 1. The summed E-state index contributed by atoms with van der Waals surface area (Å²) in [6.07, 6.45) is 0. The van der Waals surface area contributed by atoms with Crippen molar-refractivity contribution in [3.8, 4) is 5.75 Å². The highest BCUT2D eigenvalue weighted by Gasteiger charge is 2.71. The van der Waals surface area contributed by atoms with Crippen LogP contribution in [0.2, 0.25) is 0 Å². The molecule has 2 aromatic rings. The monoisotopic (exact) mass is 324 g/mol. The minimum atomic E-state index is -2.03. The average molecular weight is 324 g/mol. The van der Waals surface area contributed by atoms with Crippen molar-refractivity contribution < 1.29 is 19.4 Å². The van der Waals surface area contributed by atoms with Crippen LogP contribution in [-0.2, 0) is 16.1 Å². The molecule has 6 heteroatoms. The van der Waals surface area contributed by atoms with Gasteiger partial charge in [-0.2, -0.15) is 0 Å². The summed E-state index contributed by atoms with van der Waals surface area (Å²) in [5.74, 6) is -2.60. The zero-order chi connectivity index (χ0) is 17.3. The number of benzene rings is 2. The van der Waals surface area contributed by atoms with E-state index in [4.69, 9.17) is 10.5 Å². The molecule has 1 aliphatic carbocycles. The van der Waals surface area contributed by atoms with Crippen LogP contribution in [-0.4, -0.2) is 16.8 Å². The number of carbonyl (C=O) groups excluding carboxylic acids is 2. The number of nitrogens with two attached hydrogens (primary N) is 1. The van der Waals surface area contributed by atoms with Gasteiger partial charge in [0.05, 0.1) is 5.56 Å². The Labute approximate surface area is 138 Å². The molecule has 2 aliphatic rings. The molecule has 0 aromatic heterocycles. The molecule has 0 saturated carbocycles. The Morgan fingerprint density at radius 1 is 1.25 bits per heavy atom. The van der Waals surface area contributed by atoms with Gasteiger partial charge in [-0.05, 0) is 25.1 Å². The van der Waals surface area contributed by atoms with Crippen molar-refractivity contribution in [3.63, 3.8) is 0 Å². The lowest BCUT2D eigenvalue weighted by atomic mass is 9.82. The van der Waals surface area contributed by atoms with E-state index in [0.717, 1.165) is 5.56 Å². The summed E-state index contributed by atoms with van der Waals surface area (Å²) in [6, 6.07) is 10.1. The lowest BCUT2D eigenvalue weighted by Gasteiger charge is -2.34. The molecule has 1 amide bonds. The van der Waals surface area contributed by atoms with E-state index in [1.54, 1.807) is 30.3 Å². The van der Waals surface area contributed by atoms with E-state index >= 15 is 0 Å². The number of nitrogen functional groups attached to an aromatic ring is 1. The minimum absolute atomic E-state index is 0.181. The molecule has 0 saturated heterocycles. The van der Waals surface area contributed by atoms with E-state index in [0.29, 0.717) is 11.3 Å². The van der Waals surface area contributed by atoms with Gasteiger partial charge in [0.15, 0.2) is 0 Å². The summed E-state index contributed by atoms with van der Waals surface area (Å²) in [5.41, 5.74) is 6.21. The zero-order valence-electron chi connectivity index (χ0n) is 13.2. The molecule has 24 heavy (non-hydrogen) atoms. The third kappa shape index (κ3) is 1.48. The quantitative estimate of drug-likeness (QED) is 0.687. The molecule has 0 unspecified atom stereocenters. The van der Waals surface area contributed by atoms with Crippen LogP contribution in [0.15, 0.2) is 36.4 Å². The molecule has 1 heterocycles. The number of anilines is 1. The van der Waals surface area contributed by atoms with Gasteiger partial charge in [0.25, 0.3) is 5.79 Å². The molecule has 0 radical (unpaired) electrons. The van der Waals surface area contributed by atoms with Gasteiger partial charge in [-0.25, -0.2) is 0 Å². The third-order valence-corrected chi connectivity index (χ3v) is 4.70. The first-order valence-corrected chi connectivity index (χ1v) is 7.56. The van der Waals surface area contributed by atoms with Crippen LogP contribution >= 0.6 is 0 Å². The first-order chi connectivity index (χ1) is 11.3. The Morgan fingerprint density at radius 3 is 2.71 bits per heavy atom. The molecule has 2 aromatic carbocycles. The number of nitrogens with one attached hydrogen (secondary N) is 1. The number of amides is 1. The fourth-order valence-corrected chi connectivity index (χ4v) is 3.74. The van der Waals surface area contributed by atoms with Crippen LogP contribution in [0.3, 0.4) is 0 Å². The Morgan fingerprint density at radius 2 is 2.00 bits per heavy atom. The topological polar surface area (TPSA) is 102 Å². The molecular formula is C18H16N2O4. The normalized spacial score (nSPS) is 26.4. The van der Waals surface area contributed by atoms with E-state index in [2.05, 4.69) is 5.32 Å². The highest BCUT2D eigenvalue weighted by molar-refractivity contribution is 6.15. The predicted molar refractivity (Wildman–Crippen MR) is 86.4 cm³/mol. The van der Waals surface area contributed by atoms with Crippen molar-refractivity contribution in [2.75, 3.05) is 5.73 Å². The standard InChI is InChI=1S/C18H16N2O4/c1-9-6-7-14-12(8-9)17(20-10(2)21)16(22)15-11(18(17,23)24-14)4-3-5-13(15)19/h3-8,23H,19H2,1-2H3,(H,20,21)/t17-,18-/m0/s1. The molecule has 2 atom stereocenters. The summed E-state index contributed by atoms with van der Waals surface area (Å²) >= 11 is 0. The number of hydrogen-bond donors (Lipinski definition) is 3. The Bertz CT molecular complexity index is 923. The van der Waals surface area contributed by atoms with E-state index in [9.17, 15) is 14.7 Å². The Hall–Kier alpha value is -2.86. The van der Waals surface area contributed by atoms with Gasteiger partial charge in [0.1, 0.15) is 5.75 Å². The van der Waals surface area contributed by atoms with E-state index in [1.807, 2.05) is 13.0 Å². The SMILES string of the molecule is CC(=O)N[C@@]12C(=O)c3c(N)cccc3[C@]1(O)Oc1ccc(C)cc12. The largest absolute Gasteiger partial charge is 0.454 e. The van der Waals surface area contributed by atoms with E-state index < -0.39 is 23.0 Å². The number of hydrogen-bond acceptors (Lipinski definition) is 5. The van der Waals surface area contributed by atoms with Gasteiger partial charge in [0.2, 0.25) is 17.2 Å². The second-order valence-electron chi connectivity index (χ2n) is 6.28. The van der Waals surface area contributed by atoms with Crippen molar-refractivity contribution >= 4 is 17.4 Å². The smallest absolute Gasteiger partial charge is 0.271 e. The highest BCUT2D eigenvalue weighted by Crippen LogP contribution is 2.58. The molecule has 1 aliphatic heterocycles. The molecule has 0 spiro atoms. The summed E-state index contributed by atoms with van der Waals surface area (Å²) in [5, 5.41) is 14.0. The Balaban J connectivity index is 2.09. The number of aryl methyl sites for hydroxylation is 1. The summed E-state index contributed by atoms with van der Waals surface area (Å²) in [6.45, 7) is 3.16. The molecule has 0 bridgehead atoms. The second-order valence-corrected chi connectivity index (χ2v) is 6.28. The van der Waals surface area contributed by atoms with E-state index in [1.165, 1.54) is 6.92 Å². The lowest BCUT2D eigenvalue weighted by molar-refractivity contribution is -0.175. The maximum Gasteiger partial charge on any atom is 0.271 e. The number of aliphatic hydroxyl groups is 1. The Kier molecular flexibility index (Phi) is 2.67. The van der Waals surface area contributed by atoms with Gasteiger partial charge in [-0.1, -0.05) is 23.8 Å². The van der Waals surface area contributed by atoms with Gasteiger partial charge < -0.3 is 20.9 Å². The number of Topliss-reactive ketones (excluding diaryl/α,β-unsaturated/α-hetero) is 1. The highest BCUT2D eigenvalue weighted by atomic mass is 16.6. The second kappa shape index (κ2) is 4.36. The fraction of sp³-hybridized carbons (Fsp3) is 0.222. The van der Waals surface area contributed by atoms with E-state index in [-0.39, 0.29) is 16.8 Å². The predicted octanol–water partition coefficient (Wildman–Crippen LogP) is 1.34.